The fourth-order valence-corrected chi connectivity index (χ4v) is 1.10. The van der Waals surface area contributed by atoms with Gasteiger partial charge in [-0.1, -0.05) is 13.3 Å². The van der Waals surface area contributed by atoms with Crippen molar-refractivity contribution in [3.63, 3.8) is 0 Å². The molecule has 0 radical (unpaired) electrons. The molecule has 0 rings (SSSR count). The van der Waals surface area contributed by atoms with Crippen molar-refractivity contribution >= 4 is 17.8 Å². The summed E-state index contributed by atoms with van der Waals surface area (Å²) < 4.78 is 0. The molecule has 0 saturated carbocycles. The highest BCUT2D eigenvalue weighted by Crippen LogP contribution is 2.13. The molecular formula is C10H18N2O6. The lowest BCUT2D eigenvalue weighted by atomic mass is 10.1. The maximum atomic E-state index is 11.5. The van der Waals surface area contributed by atoms with Crippen molar-refractivity contribution in [3.05, 3.63) is 0 Å². The first kappa shape index (κ1) is 16.3. The summed E-state index contributed by atoms with van der Waals surface area (Å²) in [5.41, 5.74) is 2.82. The second kappa shape index (κ2) is 7.62. The number of carbonyl (C=O) groups is 3. The Morgan fingerprint density at radius 2 is 1.94 bits per heavy atom. The first-order valence-corrected chi connectivity index (χ1v) is 5.48. The van der Waals surface area contributed by atoms with Gasteiger partial charge in [0.2, 0.25) is 11.6 Å². The first-order valence-electron chi connectivity index (χ1n) is 5.48. The molecule has 0 aliphatic carbocycles. The van der Waals surface area contributed by atoms with E-state index in [4.69, 9.17) is 5.73 Å². The Bertz CT molecular complexity index is 319. The van der Waals surface area contributed by atoms with Crippen molar-refractivity contribution in [2.45, 2.75) is 38.8 Å². The molecular weight excluding hydrogens is 244 g/mol. The Balaban J connectivity index is 4.66. The zero-order valence-corrected chi connectivity index (χ0v) is 10.4. The molecule has 0 heterocycles. The van der Waals surface area contributed by atoms with Crippen molar-refractivity contribution in [1.82, 2.24) is 5.32 Å². The Kier molecular flexibility index (Phi) is 6.91. The third-order valence-electron chi connectivity index (χ3n) is 2.00. The molecule has 8 heteroatoms. The van der Waals surface area contributed by atoms with E-state index < -0.39 is 30.1 Å². The number of rotatable bonds is 6. The van der Waals surface area contributed by atoms with Gasteiger partial charge in [-0.25, -0.2) is 19.4 Å². The van der Waals surface area contributed by atoms with E-state index in [1.165, 1.54) is 0 Å². The van der Waals surface area contributed by atoms with Crippen molar-refractivity contribution < 1.29 is 29.3 Å². The monoisotopic (exact) mass is 262 g/mol. The molecule has 0 spiro atoms. The molecule has 0 saturated heterocycles. The van der Waals surface area contributed by atoms with Gasteiger partial charge in [0.15, 0.2) is 0 Å². The number of aliphatic hydroxyl groups is 1. The SMILES string of the molecule is CCCCC(O)(NC(=O)CN)C(=O)OOC(C)=O. The number of hydrogen-bond donors (Lipinski definition) is 3. The second-order valence-electron chi connectivity index (χ2n) is 3.66. The topological polar surface area (TPSA) is 128 Å². The highest BCUT2D eigenvalue weighted by atomic mass is 17.2. The highest BCUT2D eigenvalue weighted by molar-refractivity contribution is 5.87. The number of amides is 1. The maximum Gasteiger partial charge on any atom is 0.407 e. The fraction of sp³-hybridized carbons (Fsp3) is 0.700. The van der Waals surface area contributed by atoms with Gasteiger partial charge in [-0.2, -0.15) is 0 Å². The highest BCUT2D eigenvalue weighted by Gasteiger charge is 2.40. The largest absolute Gasteiger partial charge is 0.407 e. The van der Waals surface area contributed by atoms with Gasteiger partial charge < -0.3 is 16.2 Å². The van der Waals surface area contributed by atoms with Crippen LogP contribution in [0.1, 0.15) is 33.1 Å². The van der Waals surface area contributed by atoms with Crippen molar-refractivity contribution in [2.75, 3.05) is 6.54 Å². The van der Waals surface area contributed by atoms with Gasteiger partial charge in [0, 0.05) is 13.3 Å². The quantitative estimate of drug-likeness (QED) is 0.317. The van der Waals surface area contributed by atoms with E-state index in [9.17, 15) is 19.5 Å². The third kappa shape index (κ3) is 5.60. The third-order valence-corrected chi connectivity index (χ3v) is 2.00. The van der Waals surface area contributed by atoms with Crippen LogP contribution in [0.4, 0.5) is 0 Å². The van der Waals surface area contributed by atoms with Gasteiger partial charge in [-0.3, -0.25) is 4.79 Å². The van der Waals surface area contributed by atoms with Crippen LogP contribution in [0.3, 0.4) is 0 Å². The van der Waals surface area contributed by atoms with Crippen LogP contribution < -0.4 is 11.1 Å². The Morgan fingerprint density at radius 3 is 2.39 bits per heavy atom. The van der Waals surface area contributed by atoms with Crippen molar-refractivity contribution in [1.29, 1.82) is 0 Å². The number of unbranched alkanes of at least 4 members (excludes halogenated alkanes) is 1. The Hall–Kier alpha value is -1.67. The summed E-state index contributed by atoms with van der Waals surface area (Å²) in [6.45, 7) is 2.47. The maximum absolute atomic E-state index is 11.5. The van der Waals surface area contributed by atoms with E-state index in [-0.39, 0.29) is 6.42 Å². The summed E-state index contributed by atoms with van der Waals surface area (Å²) in [7, 11) is 0. The zero-order valence-electron chi connectivity index (χ0n) is 10.4. The van der Waals surface area contributed by atoms with E-state index >= 15 is 0 Å². The minimum absolute atomic E-state index is 0.0741. The van der Waals surface area contributed by atoms with E-state index in [1.54, 1.807) is 0 Å². The molecule has 0 aromatic rings. The number of nitrogens with two attached hydrogens (primary N) is 1. The van der Waals surface area contributed by atoms with Crippen molar-refractivity contribution in [2.24, 2.45) is 5.73 Å². The van der Waals surface area contributed by atoms with Gasteiger partial charge >= 0.3 is 11.9 Å². The lowest BCUT2D eigenvalue weighted by molar-refractivity contribution is -0.271. The van der Waals surface area contributed by atoms with Crippen molar-refractivity contribution in [3.8, 4) is 0 Å². The Morgan fingerprint density at radius 1 is 1.33 bits per heavy atom. The smallest absolute Gasteiger partial charge is 0.362 e. The molecule has 0 fully saturated rings. The lowest BCUT2D eigenvalue weighted by Crippen LogP contribution is -2.56. The molecule has 8 nitrogen and oxygen atoms in total. The number of carbonyl (C=O) groups excluding carboxylic acids is 3. The number of hydrogen-bond acceptors (Lipinski definition) is 7. The Labute approximate surface area is 104 Å². The minimum Gasteiger partial charge on any atom is -0.362 e. The molecule has 0 aromatic carbocycles. The predicted octanol–water partition coefficient (Wildman–Crippen LogP) is -1.04. The van der Waals surface area contributed by atoms with Crippen LogP contribution in [-0.4, -0.2) is 35.2 Å². The summed E-state index contributed by atoms with van der Waals surface area (Å²) >= 11 is 0. The van der Waals surface area contributed by atoms with Gasteiger partial charge in [-0.15, -0.1) is 0 Å². The molecule has 1 unspecified atom stereocenters. The average molecular weight is 262 g/mol. The lowest BCUT2D eigenvalue weighted by Gasteiger charge is -2.25. The minimum atomic E-state index is -2.25. The summed E-state index contributed by atoms with van der Waals surface area (Å²) in [5, 5.41) is 12.0. The van der Waals surface area contributed by atoms with Crippen LogP contribution in [0, 0.1) is 0 Å². The van der Waals surface area contributed by atoms with E-state index in [2.05, 4.69) is 9.78 Å². The van der Waals surface area contributed by atoms with Gasteiger partial charge in [0.1, 0.15) is 0 Å². The van der Waals surface area contributed by atoms with Crippen LogP contribution in [0.2, 0.25) is 0 Å². The van der Waals surface area contributed by atoms with Gasteiger partial charge in [0.25, 0.3) is 0 Å². The standard InChI is InChI=1S/C10H18N2O6/c1-3-4-5-10(16,12-8(14)6-11)9(15)18-17-7(2)13/h16H,3-6,11H2,1-2H3,(H,12,14). The molecule has 104 valence electrons. The summed E-state index contributed by atoms with van der Waals surface area (Å²) in [4.78, 5) is 41.3. The van der Waals surface area contributed by atoms with Crippen LogP contribution in [0.5, 0.6) is 0 Å². The van der Waals surface area contributed by atoms with Crippen LogP contribution >= 0.6 is 0 Å². The predicted molar refractivity (Wildman–Crippen MR) is 59.5 cm³/mol. The molecule has 18 heavy (non-hydrogen) atoms. The molecule has 0 aromatic heterocycles. The average Bonchev–Trinajstić information content (AvgIpc) is 2.33. The van der Waals surface area contributed by atoms with Gasteiger partial charge in [-0.05, 0) is 6.42 Å². The zero-order chi connectivity index (χ0) is 14.2. The molecule has 4 N–H and O–H groups in total. The second-order valence-corrected chi connectivity index (χ2v) is 3.66. The molecule has 0 aliphatic heterocycles. The summed E-state index contributed by atoms with van der Waals surface area (Å²) in [5.74, 6) is -2.85. The summed E-state index contributed by atoms with van der Waals surface area (Å²) in [6.07, 6.45) is 1.06. The number of nitrogens with one attached hydrogen (secondary N) is 1. The van der Waals surface area contributed by atoms with E-state index in [0.717, 1.165) is 6.92 Å². The molecule has 0 bridgehead atoms. The van der Waals surface area contributed by atoms with Crippen LogP contribution in [0.25, 0.3) is 0 Å². The summed E-state index contributed by atoms with van der Waals surface area (Å²) in [6, 6.07) is 0. The van der Waals surface area contributed by atoms with Crippen LogP contribution in [-0.2, 0) is 24.2 Å². The van der Waals surface area contributed by atoms with Gasteiger partial charge in [0.05, 0.1) is 6.54 Å². The molecule has 0 aliphatic rings. The first-order chi connectivity index (χ1) is 8.35. The fourth-order valence-electron chi connectivity index (χ4n) is 1.10. The normalized spacial score (nSPS) is 13.3. The van der Waals surface area contributed by atoms with Crippen LogP contribution in [0.15, 0.2) is 0 Å². The molecule has 1 amide bonds. The van der Waals surface area contributed by atoms with E-state index in [1.807, 2.05) is 12.2 Å². The van der Waals surface area contributed by atoms with E-state index in [0.29, 0.717) is 12.8 Å². The molecule has 1 atom stereocenters.